The third-order valence-electron chi connectivity index (χ3n) is 1.40. The van der Waals surface area contributed by atoms with Crippen molar-refractivity contribution in [2.75, 3.05) is 0 Å². The van der Waals surface area contributed by atoms with Crippen LogP contribution in [0.5, 0.6) is 0 Å². The first-order chi connectivity index (χ1) is 5.74. The van der Waals surface area contributed by atoms with Gasteiger partial charge in [0.2, 0.25) is 5.78 Å². The molecule has 0 atom stereocenters. The highest BCUT2D eigenvalue weighted by atomic mass is 127. The van der Waals surface area contributed by atoms with Gasteiger partial charge in [0, 0.05) is 6.07 Å². The van der Waals surface area contributed by atoms with Crippen molar-refractivity contribution in [1.82, 2.24) is 0 Å². The van der Waals surface area contributed by atoms with E-state index in [2.05, 4.69) is 5.16 Å². The fourth-order valence-corrected chi connectivity index (χ4v) is 0.861. The summed E-state index contributed by atoms with van der Waals surface area (Å²) in [6, 6.07) is 3.41. The van der Waals surface area contributed by atoms with E-state index in [-0.39, 0.29) is 29.8 Å². The number of Topliss-reactive ketones (excluding diaryl/α,β-unsaturated/α-hetero) is 1. The Kier molecular flexibility index (Phi) is 5.20. The number of carbonyl (C=O) groups is 1. The summed E-state index contributed by atoms with van der Waals surface area (Å²) in [4.78, 5) is 11.1. The van der Waals surface area contributed by atoms with Gasteiger partial charge in [-0.25, -0.2) is 4.57 Å². The van der Waals surface area contributed by atoms with E-state index in [0.29, 0.717) is 5.56 Å². The smallest absolute Gasteiger partial charge is 0.213 e. The highest BCUT2D eigenvalue weighted by Gasteiger charge is 2.05. The van der Waals surface area contributed by atoms with Crippen LogP contribution >= 0.6 is 0 Å². The molecule has 5 heteroatoms. The van der Waals surface area contributed by atoms with Crippen LogP contribution in [0, 0.1) is 0 Å². The molecule has 1 rings (SSSR count). The number of aromatic nitrogens is 1. The molecule has 1 aromatic heterocycles. The largest absolute Gasteiger partial charge is 1.00 e. The number of nitrogens with zero attached hydrogens (tertiary/aromatic N) is 2. The Morgan fingerprint density at radius 3 is 2.92 bits per heavy atom. The van der Waals surface area contributed by atoms with Crippen molar-refractivity contribution in [2.24, 2.45) is 12.2 Å². The topological polar surface area (TPSA) is 53.5 Å². The second kappa shape index (κ2) is 5.63. The van der Waals surface area contributed by atoms with Gasteiger partial charge in [0.25, 0.3) is 0 Å². The lowest BCUT2D eigenvalue weighted by molar-refractivity contribution is -0.671. The van der Waals surface area contributed by atoms with Gasteiger partial charge in [0.1, 0.15) is 13.3 Å². The second-order valence-electron chi connectivity index (χ2n) is 2.37. The molecule has 0 aliphatic carbocycles. The van der Waals surface area contributed by atoms with Crippen molar-refractivity contribution in [3.63, 3.8) is 0 Å². The van der Waals surface area contributed by atoms with E-state index in [1.165, 1.54) is 0 Å². The highest BCUT2D eigenvalue weighted by molar-refractivity contribution is 6.35. The number of aryl methyl sites for hydroxylation is 1. The zero-order chi connectivity index (χ0) is 8.97. The van der Waals surface area contributed by atoms with Gasteiger partial charge in [0.05, 0.1) is 5.56 Å². The van der Waals surface area contributed by atoms with Gasteiger partial charge in [-0.05, 0) is 6.07 Å². The molecular weight excluding hydrogens is 283 g/mol. The molecule has 0 aliphatic rings. The van der Waals surface area contributed by atoms with Crippen LogP contribution in [0.15, 0.2) is 29.7 Å². The van der Waals surface area contributed by atoms with E-state index in [9.17, 15) is 4.79 Å². The number of carbonyl (C=O) groups excluding carboxylic acids is 1. The van der Waals surface area contributed by atoms with E-state index in [0.717, 1.165) is 6.21 Å². The lowest BCUT2D eigenvalue weighted by Crippen LogP contribution is -3.00. The van der Waals surface area contributed by atoms with Gasteiger partial charge in [-0.15, -0.1) is 0 Å². The second-order valence-corrected chi connectivity index (χ2v) is 2.37. The summed E-state index contributed by atoms with van der Waals surface area (Å²) in [5.74, 6) is -0.311. The molecule has 0 spiro atoms. The Bertz CT molecular complexity index is 326. The predicted molar refractivity (Wildman–Crippen MR) is 42.2 cm³/mol. The zero-order valence-corrected chi connectivity index (χ0v) is 9.17. The fraction of sp³-hybridized carbons (Fsp3) is 0.125. The SMILES string of the molecule is C[n+]1cccc(C(=O)C=NO)c1.[I-]. The standard InChI is InChI=1S/C8H8N2O2.HI/c1-10-4-2-3-7(6-10)8(11)5-9-12;/h2-6H,1H3;1H. The monoisotopic (exact) mass is 292 g/mol. The highest BCUT2D eigenvalue weighted by Crippen LogP contribution is 1.93. The first-order valence-electron chi connectivity index (χ1n) is 3.41. The van der Waals surface area contributed by atoms with Crippen molar-refractivity contribution >= 4 is 12.0 Å². The van der Waals surface area contributed by atoms with Gasteiger partial charge >= 0.3 is 0 Å². The minimum absolute atomic E-state index is 0. The molecule has 0 unspecified atom stereocenters. The van der Waals surface area contributed by atoms with Crippen LogP contribution in [-0.4, -0.2) is 17.2 Å². The number of rotatable bonds is 2. The molecule has 0 aliphatic heterocycles. The molecule has 0 amide bonds. The predicted octanol–water partition coefficient (Wildman–Crippen LogP) is -2.84. The maximum absolute atomic E-state index is 11.1. The maximum atomic E-state index is 11.1. The fourth-order valence-electron chi connectivity index (χ4n) is 0.861. The summed E-state index contributed by atoms with van der Waals surface area (Å²) in [6.45, 7) is 0. The van der Waals surface area contributed by atoms with Crippen molar-refractivity contribution in [1.29, 1.82) is 0 Å². The summed E-state index contributed by atoms with van der Waals surface area (Å²) < 4.78 is 1.75. The van der Waals surface area contributed by atoms with Crippen LogP contribution in [0.25, 0.3) is 0 Å². The molecule has 4 nitrogen and oxygen atoms in total. The molecule has 0 saturated carbocycles. The molecule has 1 N–H and O–H groups in total. The molecule has 1 aromatic rings. The molecule has 1 heterocycles. The summed E-state index contributed by atoms with van der Waals surface area (Å²) in [5, 5.41) is 10.8. The lowest BCUT2D eigenvalue weighted by atomic mass is 10.2. The average Bonchev–Trinajstić information content (AvgIpc) is 2.05. The Morgan fingerprint density at radius 2 is 2.38 bits per heavy atom. The molecule has 0 fully saturated rings. The van der Waals surface area contributed by atoms with Crippen LogP contribution in [0.1, 0.15) is 10.4 Å². The zero-order valence-electron chi connectivity index (χ0n) is 7.01. The van der Waals surface area contributed by atoms with E-state index in [1.807, 2.05) is 13.2 Å². The Balaban J connectivity index is 0.00000144. The van der Waals surface area contributed by atoms with Crippen LogP contribution in [-0.2, 0) is 7.05 Å². The summed E-state index contributed by atoms with van der Waals surface area (Å²) in [5.41, 5.74) is 0.498. The van der Waals surface area contributed by atoms with Gasteiger partial charge in [-0.1, -0.05) is 5.16 Å². The minimum atomic E-state index is -0.311. The normalized spacial score (nSPS) is 9.62. The molecular formula is C8H9IN2O2. The van der Waals surface area contributed by atoms with Crippen molar-refractivity contribution in [3.05, 3.63) is 30.1 Å². The molecule has 0 aromatic carbocycles. The lowest BCUT2D eigenvalue weighted by Gasteiger charge is -1.90. The van der Waals surface area contributed by atoms with Crippen LogP contribution in [0.4, 0.5) is 0 Å². The van der Waals surface area contributed by atoms with Crippen LogP contribution < -0.4 is 28.5 Å². The number of oxime groups is 1. The third kappa shape index (κ3) is 3.49. The number of hydrogen-bond acceptors (Lipinski definition) is 3. The van der Waals surface area contributed by atoms with Gasteiger partial charge in [-0.3, -0.25) is 4.79 Å². The summed E-state index contributed by atoms with van der Waals surface area (Å²) >= 11 is 0. The first kappa shape index (κ1) is 12.0. The van der Waals surface area contributed by atoms with E-state index in [4.69, 9.17) is 5.21 Å². The van der Waals surface area contributed by atoms with E-state index >= 15 is 0 Å². The minimum Gasteiger partial charge on any atom is -1.00 e. The van der Waals surface area contributed by atoms with Crippen LogP contribution in [0.3, 0.4) is 0 Å². The van der Waals surface area contributed by atoms with E-state index in [1.54, 1.807) is 22.9 Å². The molecule has 0 bridgehead atoms. The van der Waals surface area contributed by atoms with Gasteiger partial charge in [0.15, 0.2) is 12.4 Å². The molecule has 13 heavy (non-hydrogen) atoms. The molecule has 0 saturated heterocycles. The van der Waals surface area contributed by atoms with Crippen LogP contribution in [0.2, 0.25) is 0 Å². The number of hydrogen-bond donors (Lipinski definition) is 1. The Labute approximate surface area is 92.9 Å². The Hall–Kier alpha value is -0.980. The van der Waals surface area contributed by atoms with Gasteiger partial charge < -0.3 is 29.2 Å². The first-order valence-corrected chi connectivity index (χ1v) is 3.41. The maximum Gasteiger partial charge on any atom is 0.213 e. The average molecular weight is 292 g/mol. The Morgan fingerprint density at radius 1 is 1.69 bits per heavy atom. The van der Waals surface area contributed by atoms with Crippen molar-refractivity contribution < 1.29 is 38.5 Å². The summed E-state index contributed by atoms with van der Waals surface area (Å²) in [6.07, 6.45) is 4.34. The van der Waals surface area contributed by atoms with Crippen molar-refractivity contribution in [3.8, 4) is 0 Å². The number of halogens is 1. The molecule has 0 radical (unpaired) electrons. The van der Waals surface area contributed by atoms with Crippen molar-refractivity contribution in [2.45, 2.75) is 0 Å². The quantitative estimate of drug-likeness (QED) is 0.159. The summed E-state index contributed by atoms with van der Waals surface area (Å²) in [7, 11) is 1.81. The van der Waals surface area contributed by atoms with Gasteiger partial charge in [-0.2, -0.15) is 0 Å². The van der Waals surface area contributed by atoms with E-state index < -0.39 is 0 Å². The number of ketones is 1. The third-order valence-corrected chi connectivity index (χ3v) is 1.40. The number of pyridine rings is 1. The molecule has 70 valence electrons.